The summed E-state index contributed by atoms with van der Waals surface area (Å²) < 4.78 is 15.3. The van der Waals surface area contributed by atoms with E-state index in [1.54, 1.807) is 13.8 Å². The number of carbonyl (C=O) groups is 2. The quantitative estimate of drug-likeness (QED) is 0.538. The Morgan fingerprint density at radius 3 is 1.95 bits per heavy atom. The van der Waals surface area contributed by atoms with Gasteiger partial charge in [-0.25, -0.2) is 4.79 Å². The fourth-order valence-electron chi connectivity index (χ4n) is 2.15. The zero-order valence-corrected chi connectivity index (χ0v) is 13.9. The van der Waals surface area contributed by atoms with Crippen molar-refractivity contribution >= 4 is 12.1 Å². The third-order valence-corrected chi connectivity index (χ3v) is 3.26. The summed E-state index contributed by atoms with van der Waals surface area (Å²) in [6.07, 6.45) is 3.91. The summed E-state index contributed by atoms with van der Waals surface area (Å²) in [6.45, 7) is 8.23. The van der Waals surface area contributed by atoms with E-state index in [-0.39, 0.29) is 12.6 Å². The van der Waals surface area contributed by atoms with Gasteiger partial charge in [-0.2, -0.15) is 0 Å². The molecule has 0 aliphatic carbocycles. The molecule has 0 fully saturated rings. The van der Waals surface area contributed by atoms with Gasteiger partial charge in [-0.3, -0.25) is 4.79 Å². The van der Waals surface area contributed by atoms with E-state index in [1.165, 1.54) is 0 Å². The maximum Gasteiger partial charge on any atom is 0.508 e. The van der Waals surface area contributed by atoms with Crippen LogP contribution in [0.15, 0.2) is 0 Å². The van der Waals surface area contributed by atoms with Crippen LogP contribution in [0.4, 0.5) is 4.79 Å². The third kappa shape index (κ3) is 8.58. The Morgan fingerprint density at radius 1 is 0.857 bits per heavy atom. The molecule has 0 heterocycles. The summed E-state index contributed by atoms with van der Waals surface area (Å²) in [5, 5.41) is 0. The summed E-state index contributed by atoms with van der Waals surface area (Å²) in [6, 6.07) is 0. The first-order valence-electron chi connectivity index (χ1n) is 8.10. The Kier molecular flexibility index (Phi) is 11.7. The molecule has 0 bridgehead atoms. The van der Waals surface area contributed by atoms with E-state index in [0.717, 1.165) is 25.7 Å². The normalized spacial score (nSPS) is 13.3. The molecule has 0 saturated heterocycles. The molecular formula is C16H30O5. The molecular weight excluding hydrogens is 272 g/mol. The van der Waals surface area contributed by atoms with Gasteiger partial charge in [-0.1, -0.05) is 39.5 Å². The van der Waals surface area contributed by atoms with Crippen LogP contribution in [0.25, 0.3) is 0 Å². The number of carbonyl (C=O) groups excluding carboxylic acids is 2. The van der Waals surface area contributed by atoms with Crippen LogP contribution in [0.5, 0.6) is 0 Å². The minimum Gasteiger partial charge on any atom is -0.466 e. The largest absolute Gasteiger partial charge is 0.508 e. The van der Waals surface area contributed by atoms with Crippen molar-refractivity contribution in [1.29, 1.82) is 0 Å². The minimum absolute atomic E-state index is 0.262. The standard InChI is InChI=1S/C16H30O5/c1-5-9-11-13(15(17)19-7-3)14(12-10-6-2)21-16(18)20-8-4/h13-14H,5-12H2,1-4H3. The molecule has 124 valence electrons. The molecule has 5 heteroatoms. The highest BCUT2D eigenvalue weighted by Crippen LogP contribution is 2.23. The van der Waals surface area contributed by atoms with Crippen LogP contribution in [-0.4, -0.2) is 31.4 Å². The first kappa shape index (κ1) is 19.7. The Labute approximate surface area is 128 Å². The minimum atomic E-state index is -0.704. The van der Waals surface area contributed by atoms with E-state index >= 15 is 0 Å². The van der Waals surface area contributed by atoms with Crippen molar-refractivity contribution in [1.82, 2.24) is 0 Å². The van der Waals surface area contributed by atoms with Gasteiger partial charge in [-0.05, 0) is 26.7 Å². The monoisotopic (exact) mass is 302 g/mol. The topological polar surface area (TPSA) is 61.8 Å². The highest BCUT2D eigenvalue weighted by atomic mass is 16.7. The molecule has 5 nitrogen and oxygen atoms in total. The summed E-state index contributed by atoms with van der Waals surface area (Å²) in [7, 11) is 0. The SMILES string of the molecule is CCCCC(OC(=O)OCC)C(CCCC)C(=O)OCC. The molecule has 0 amide bonds. The first-order chi connectivity index (χ1) is 10.1. The number of esters is 1. The lowest BCUT2D eigenvalue weighted by molar-refractivity contribution is -0.153. The maximum absolute atomic E-state index is 12.1. The fourth-order valence-corrected chi connectivity index (χ4v) is 2.15. The molecule has 0 saturated carbocycles. The van der Waals surface area contributed by atoms with Gasteiger partial charge >= 0.3 is 12.1 Å². The molecule has 0 aliphatic rings. The molecule has 21 heavy (non-hydrogen) atoms. The Hall–Kier alpha value is -1.26. The van der Waals surface area contributed by atoms with Crippen LogP contribution in [-0.2, 0) is 19.0 Å². The van der Waals surface area contributed by atoms with Crippen molar-refractivity contribution < 1.29 is 23.8 Å². The van der Waals surface area contributed by atoms with Crippen molar-refractivity contribution in [3.63, 3.8) is 0 Å². The second-order valence-corrected chi connectivity index (χ2v) is 4.98. The van der Waals surface area contributed by atoms with Gasteiger partial charge in [0.1, 0.15) is 6.10 Å². The van der Waals surface area contributed by atoms with Gasteiger partial charge in [0.15, 0.2) is 0 Å². The summed E-state index contributed by atoms with van der Waals surface area (Å²) in [5.41, 5.74) is 0. The first-order valence-corrected chi connectivity index (χ1v) is 8.10. The van der Waals surface area contributed by atoms with E-state index in [9.17, 15) is 9.59 Å². The smallest absolute Gasteiger partial charge is 0.466 e. The predicted molar refractivity (Wildman–Crippen MR) is 81.1 cm³/mol. The molecule has 0 radical (unpaired) electrons. The average molecular weight is 302 g/mol. The van der Waals surface area contributed by atoms with Gasteiger partial charge in [0.05, 0.1) is 19.1 Å². The highest BCUT2D eigenvalue weighted by Gasteiger charge is 2.32. The zero-order valence-electron chi connectivity index (χ0n) is 13.9. The summed E-state index contributed by atoms with van der Waals surface area (Å²) in [4.78, 5) is 23.7. The fraction of sp³-hybridized carbons (Fsp3) is 0.875. The molecule has 0 aromatic rings. The Morgan fingerprint density at radius 2 is 1.43 bits per heavy atom. The van der Waals surface area contributed by atoms with Gasteiger partial charge in [0.25, 0.3) is 0 Å². The molecule has 0 rings (SSSR count). The van der Waals surface area contributed by atoms with E-state index < -0.39 is 18.2 Å². The van der Waals surface area contributed by atoms with Crippen LogP contribution < -0.4 is 0 Å². The molecule has 0 aromatic heterocycles. The second-order valence-electron chi connectivity index (χ2n) is 4.98. The van der Waals surface area contributed by atoms with Crippen LogP contribution in [0.3, 0.4) is 0 Å². The summed E-state index contributed by atoms with van der Waals surface area (Å²) >= 11 is 0. The average Bonchev–Trinajstić information content (AvgIpc) is 2.45. The van der Waals surface area contributed by atoms with Gasteiger partial charge in [-0.15, -0.1) is 0 Å². The lowest BCUT2D eigenvalue weighted by Gasteiger charge is -2.25. The van der Waals surface area contributed by atoms with Crippen molar-refractivity contribution in [3.8, 4) is 0 Å². The Balaban J connectivity index is 4.86. The summed E-state index contributed by atoms with van der Waals surface area (Å²) in [5.74, 6) is -0.683. The molecule has 0 aliphatic heterocycles. The number of hydrogen-bond acceptors (Lipinski definition) is 5. The lowest BCUT2D eigenvalue weighted by Crippen LogP contribution is -2.34. The molecule has 0 aromatic carbocycles. The third-order valence-electron chi connectivity index (χ3n) is 3.26. The van der Waals surface area contributed by atoms with Crippen molar-refractivity contribution in [2.24, 2.45) is 5.92 Å². The molecule has 2 unspecified atom stereocenters. The number of unbranched alkanes of at least 4 members (excludes halogenated alkanes) is 2. The van der Waals surface area contributed by atoms with Crippen LogP contribution in [0, 0.1) is 5.92 Å². The van der Waals surface area contributed by atoms with E-state index in [0.29, 0.717) is 19.4 Å². The van der Waals surface area contributed by atoms with Crippen LogP contribution >= 0.6 is 0 Å². The Bertz CT molecular complexity index is 290. The molecule has 2 atom stereocenters. The van der Waals surface area contributed by atoms with Crippen molar-refractivity contribution in [3.05, 3.63) is 0 Å². The zero-order chi connectivity index (χ0) is 16.1. The second kappa shape index (κ2) is 12.5. The highest BCUT2D eigenvalue weighted by molar-refractivity contribution is 5.73. The predicted octanol–water partition coefficient (Wildman–Crippen LogP) is 4.09. The van der Waals surface area contributed by atoms with E-state index in [4.69, 9.17) is 14.2 Å². The van der Waals surface area contributed by atoms with Gasteiger partial charge in [0, 0.05) is 0 Å². The van der Waals surface area contributed by atoms with Crippen molar-refractivity contribution in [2.75, 3.05) is 13.2 Å². The number of hydrogen-bond donors (Lipinski definition) is 0. The molecule has 0 N–H and O–H groups in total. The van der Waals surface area contributed by atoms with Crippen LogP contribution in [0.2, 0.25) is 0 Å². The van der Waals surface area contributed by atoms with Crippen LogP contribution in [0.1, 0.15) is 66.2 Å². The molecule has 0 spiro atoms. The van der Waals surface area contributed by atoms with Gasteiger partial charge in [0.2, 0.25) is 0 Å². The number of ether oxygens (including phenoxy) is 3. The maximum atomic E-state index is 12.1. The van der Waals surface area contributed by atoms with Crippen molar-refractivity contribution in [2.45, 2.75) is 72.3 Å². The van der Waals surface area contributed by atoms with E-state index in [1.807, 2.05) is 0 Å². The lowest BCUT2D eigenvalue weighted by atomic mass is 9.92. The van der Waals surface area contributed by atoms with E-state index in [2.05, 4.69) is 13.8 Å². The number of rotatable bonds is 11. The van der Waals surface area contributed by atoms with Gasteiger partial charge < -0.3 is 14.2 Å².